The third-order valence-corrected chi connectivity index (χ3v) is 8.12. The molecule has 0 spiro atoms. The number of nitrogens with one attached hydrogen (secondary N) is 1. The van der Waals surface area contributed by atoms with Gasteiger partial charge < -0.3 is 15.2 Å². The molecule has 0 saturated heterocycles. The lowest BCUT2D eigenvalue weighted by Crippen LogP contribution is -2.24. The number of fused-ring (bicyclic) bond motifs is 2. The maximum Gasteiger partial charge on any atom is 0.333 e. The fraction of sp³-hybridized carbons (Fsp3) is 0.455. The van der Waals surface area contributed by atoms with E-state index in [9.17, 15) is 13.5 Å². The molecule has 5 rings (SSSR count). The second-order valence-electron chi connectivity index (χ2n) is 8.66. The first kappa shape index (κ1) is 22.5. The van der Waals surface area contributed by atoms with Crippen LogP contribution in [0.5, 0.6) is 5.75 Å². The number of nitrogens with two attached hydrogens (primary N) is 1. The lowest BCUT2D eigenvalue weighted by molar-refractivity contribution is 0.101. The minimum absolute atomic E-state index is 0.0604. The van der Waals surface area contributed by atoms with Gasteiger partial charge in [0.25, 0.3) is 0 Å². The van der Waals surface area contributed by atoms with Crippen molar-refractivity contribution in [1.82, 2.24) is 9.97 Å². The fourth-order valence-corrected chi connectivity index (χ4v) is 6.43. The van der Waals surface area contributed by atoms with Crippen LogP contribution < -0.4 is 15.2 Å². The Balaban J connectivity index is 1.36. The minimum Gasteiger partial charge on any atom is -0.497 e. The van der Waals surface area contributed by atoms with Gasteiger partial charge in [0.15, 0.2) is 0 Å². The first-order valence-electron chi connectivity index (χ1n) is 10.8. The predicted octanol–water partition coefficient (Wildman–Crippen LogP) is 2.87. The monoisotopic (exact) mass is 490 g/mol. The van der Waals surface area contributed by atoms with Crippen molar-refractivity contribution in [3.05, 3.63) is 46.6 Å². The third-order valence-electron chi connectivity index (χ3n) is 6.66. The Hall–Kier alpha value is -2.31. The SMILES string of the molecule is COc1ccc2c(c1)CC[C@H]2Nc1ncnc2c([C@@H]3C[C@@H](COS(N)(=O)=O)[C@@H](O)C3)csc12. The summed E-state index contributed by atoms with van der Waals surface area (Å²) in [5.41, 5.74) is 4.47. The van der Waals surface area contributed by atoms with Gasteiger partial charge in [0.2, 0.25) is 0 Å². The molecule has 2 heterocycles. The Kier molecular flexibility index (Phi) is 6.00. The second kappa shape index (κ2) is 8.80. The van der Waals surface area contributed by atoms with Gasteiger partial charge in [-0.3, -0.25) is 4.18 Å². The first-order chi connectivity index (χ1) is 15.8. The van der Waals surface area contributed by atoms with E-state index in [-0.39, 0.29) is 24.5 Å². The maximum atomic E-state index is 11.1. The molecule has 1 aromatic carbocycles. The highest BCUT2D eigenvalue weighted by Gasteiger charge is 2.36. The number of aryl methyl sites for hydroxylation is 1. The number of aliphatic hydroxyl groups is 1. The van der Waals surface area contributed by atoms with Gasteiger partial charge in [-0.05, 0) is 65.8 Å². The zero-order valence-electron chi connectivity index (χ0n) is 18.1. The van der Waals surface area contributed by atoms with E-state index in [0.29, 0.717) is 12.8 Å². The largest absolute Gasteiger partial charge is 0.497 e. The van der Waals surface area contributed by atoms with Gasteiger partial charge in [0.1, 0.15) is 17.9 Å². The lowest BCUT2D eigenvalue weighted by atomic mass is 9.98. The van der Waals surface area contributed by atoms with Gasteiger partial charge in [-0.1, -0.05) is 6.07 Å². The smallest absolute Gasteiger partial charge is 0.333 e. The molecule has 2 aliphatic carbocycles. The van der Waals surface area contributed by atoms with Crippen molar-refractivity contribution in [3.63, 3.8) is 0 Å². The number of anilines is 1. The molecule has 0 bridgehead atoms. The average Bonchev–Trinajstić information content (AvgIpc) is 3.48. The number of benzene rings is 1. The molecule has 3 aromatic rings. The van der Waals surface area contributed by atoms with E-state index in [1.165, 1.54) is 11.1 Å². The third kappa shape index (κ3) is 4.56. The van der Waals surface area contributed by atoms with Crippen molar-refractivity contribution >= 4 is 37.7 Å². The molecule has 33 heavy (non-hydrogen) atoms. The van der Waals surface area contributed by atoms with Crippen molar-refractivity contribution in [2.75, 3.05) is 19.0 Å². The number of hydrogen-bond donors (Lipinski definition) is 3. The zero-order chi connectivity index (χ0) is 23.2. The van der Waals surface area contributed by atoms with Crippen LogP contribution in [0.25, 0.3) is 10.2 Å². The van der Waals surface area contributed by atoms with Crippen LogP contribution in [-0.4, -0.2) is 43.3 Å². The molecule has 1 saturated carbocycles. The van der Waals surface area contributed by atoms with E-state index in [4.69, 9.17) is 14.1 Å². The van der Waals surface area contributed by atoms with E-state index in [1.54, 1.807) is 24.8 Å². The number of nitrogens with zero attached hydrogens (tertiary/aromatic N) is 2. The van der Waals surface area contributed by atoms with Gasteiger partial charge >= 0.3 is 10.3 Å². The van der Waals surface area contributed by atoms with E-state index < -0.39 is 16.4 Å². The molecule has 176 valence electrons. The Morgan fingerprint density at radius 3 is 2.91 bits per heavy atom. The molecule has 11 heteroatoms. The van der Waals surface area contributed by atoms with Crippen LogP contribution in [0.1, 0.15) is 47.9 Å². The molecule has 2 aromatic heterocycles. The summed E-state index contributed by atoms with van der Waals surface area (Å²) in [4.78, 5) is 9.05. The topological polar surface area (TPSA) is 137 Å². The van der Waals surface area contributed by atoms with Gasteiger partial charge in [-0.15, -0.1) is 11.3 Å². The molecule has 9 nitrogen and oxygen atoms in total. The van der Waals surface area contributed by atoms with Crippen LogP contribution in [0.4, 0.5) is 5.82 Å². The van der Waals surface area contributed by atoms with E-state index >= 15 is 0 Å². The number of ether oxygens (including phenoxy) is 1. The van der Waals surface area contributed by atoms with Crippen LogP contribution in [0.3, 0.4) is 0 Å². The summed E-state index contributed by atoms with van der Waals surface area (Å²) in [6.45, 7) is -0.119. The fourth-order valence-electron chi connectivity index (χ4n) is 5.02. The highest BCUT2D eigenvalue weighted by molar-refractivity contribution is 7.84. The standard InChI is InChI=1S/C22H26N4O5S2/c1-30-15-3-4-16-12(7-15)2-5-18(16)26-22-21-20(24-11-25-22)17(10-32-21)13-6-14(19(27)8-13)9-31-33(23,28)29/h3-4,7,10-11,13-14,18-19,27H,2,5-6,8-9H2,1H3,(H2,23,28,29)(H,24,25,26)/t13-,14+,18-,19+/m1/s1. The van der Waals surface area contributed by atoms with Crippen LogP contribution in [0.15, 0.2) is 29.9 Å². The van der Waals surface area contributed by atoms with Crippen molar-refractivity contribution in [2.24, 2.45) is 11.1 Å². The van der Waals surface area contributed by atoms with Gasteiger partial charge in [-0.25, -0.2) is 15.1 Å². The lowest BCUT2D eigenvalue weighted by Gasteiger charge is -2.16. The summed E-state index contributed by atoms with van der Waals surface area (Å²) in [5.74, 6) is 1.44. The second-order valence-corrected chi connectivity index (χ2v) is 10.8. The quantitative estimate of drug-likeness (QED) is 0.460. The molecule has 0 unspecified atom stereocenters. The van der Waals surface area contributed by atoms with Crippen LogP contribution >= 0.6 is 11.3 Å². The van der Waals surface area contributed by atoms with Gasteiger partial charge in [-0.2, -0.15) is 8.42 Å². The first-order valence-corrected chi connectivity index (χ1v) is 13.2. The number of aromatic nitrogens is 2. The van der Waals surface area contributed by atoms with Gasteiger partial charge in [0, 0.05) is 5.92 Å². The Morgan fingerprint density at radius 1 is 1.27 bits per heavy atom. The number of thiophene rings is 1. The maximum absolute atomic E-state index is 11.1. The molecule has 0 radical (unpaired) electrons. The molecular formula is C22H26N4O5S2. The minimum atomic E-state index is -4.03. The molecule has 4 atom stereocenters. The zero-order valence-corrected chi connectivity index (χ0v) is 19.7. The summed E-state index contributed by atoms with van der Waals surface area (Å²) >= 11 is 1.58. The Morgan fingerprint density at radius 2 is 2.12 bits per heavy atom. The Bertz CT molecular complexity index is 1280. The number of aliphatic hydroxyl groups excluding tert-OH is 1. The summed E-state index contributed by atoms with van der Waals surface area (Å²) < 4.78 is 33.3. The summed E-state index contributed by atoms with van der Waals surface area (Å²) in [6.07, 6.45) is 4.00. The molecule has 2 aliphatic rings. The van der Waals surface area contributed by atoms with Crippen molar-refractivity contribution < 1.29 is 22.4 Å². The summed E-state index contributed by atoms with van der Waals surface area (Å²) in [5, 5.41) is 21.0. The molecule has 4 N–H and O–H groups in total. The van der Waals surface area contributed by atoms with Crippen LogP contribution in [0, 0.1) is 5.92 Å². The number of hydrogen-bond acceptors (Lipinski definition) is 9. The van der Waals surface area contributed by atoms with E-state index in [1.807, 2.05) is 6.07 Å². The number of rotatable bonds is 7. The van der Waals surface area contributed by atoms with Crippen molar-refractivity contribution in [1.29, 1.82) is 0 Å². The normalized spacial score (nSPS) is 24.8. The highest BCUT2D eigenvalue weighted by Crippen LogP contribution is 2.44. The Labute approximate surface area is 196 Å². The molecule has 1 fully saturated rings. The van der Waals surface area contributed by atoms with E-state index in [2.05, 4.69) is 32.8 Å². The van der Waals surface area contributed by atoms with Crippen molar-refractivity contribution in [2.45, 2.75) is 43.7 Å². The summed E-state index contributed by atoms with van der Waals surface area (Å²) in [6, 6.07) is 6.36. The average molecular weight is 491 g/mol. The van der Waals surface area contributed by atoms with Gasteiger partial charge in [0.05, 0.1) is 36.1 Å². The molecule has 0 amide bonds. The molecular weight excluding hydrogens is 464 g/mol. The van der Waals surface area contributed by atoms with E-state index in [0.717, 1.165) is 40.2 Å². The number of methoxy groups -OCH3 is 1. The van der Waals surface area contributed by atoms with Crippen LogP contribution in [0.2, 0.25) is 0 Å². The summed E-state index contributed by atoms with van der Waals surface area (Å²) in [7, 11) is -2.35. The predicted molar refractivity (Wildman–Crippen MR) is 126 cm³/mol. The highest BCUT2D eigenvalue weighted by atomic mass is 32.2. The van der Waals surface area contributed by atoms with Crippen LogP contribution in [-0.2, 0) is 20.9 Å². The molecule has 0 aliphatic heterocycles. The van der Waals surface area contributed by atoms with Crippen molar-refractivity contribution in [3.8, 4) is 5.75 Å².